The first-order chi connectivity index (χ1) is 23.8. The highest BCUT2D eigenvalue weighted by Gasteiger charge is 2.18. The van der Waals surface area contributed by atoms with E-state index in [9.17, 15) is 0 Å². The second-order valence-corrected chi connectivity index (χ2v) is 12.5. The number of fused-ring (bicyclic) bond motifs is 4. The van der Waals surface area contributed by atoms with Gasteiger partial charge in [0.15, 0.2) is 0 Å². The summed E-state index contributed by atoms with van der Waals surface area (Å²) in [7, 11) is 0. The monoisotopic (exact) mass is 615 g/mol. The van der Waals surface area contributed by atoms with E-state index in [1.54, 1.807) is 0 Å². The number of rotatable bonds is 6. The molecular formula is C46H33NO. The largest absolute Gasteiger partial charge is 0.456 e. The summed E-state index contributed by atoms with van der Waals surface area (Å²) in [6.45, 7) is 0. The van der Waals surface area contributed by atoms with Crippen LogP contribution in [0.3, 0.4) is 0 Å². The Kier molecular flexibility index (Phi) is 6.98. The van der Waals surface area contributed by atoms with Gasteiger partial charge in [0, 0.05) is 33.8 Å². The summed E-state index contributed by atoms with van der Waals surface area (Å²) in [5, 5.41) is 4.82. The first-order valence-corrected chi connectivity index (χ1v) is 16.6. The van der Waals surface area contributed by atoms with Crippen molar-refractivity contribution in [2.45, 2.75) is 12.3 Å². The molecule has 1 aliphatic carbocycles. The van der Waals surface area contributed by atoms with Crippen molar-refractivity contribution in [3.8, 4) is 22.3 Å². The highest BCUT2D eigenvalue weighted by molar-refractivity contribution is 6.12. The van der Waals surface area contributed by atoms with E-state index in [0.717, 1.165) is 51.0 Å². The fourth-order valence-corrected chi connectivity index (χ4v) is 7.24. The van der Waals surface area contributed by atoms with Crippen LogP contribution in [-0.2, 0) is 0 Å². The zero-order valence-corrected chi connectivity index (χ0v) is 26.5. The summed E-state index contributed by atoms with van der Waals surface area (Å²) >= 11 is 0. The first-order valence-electron chi connectivity index (χ1n) is 16.6. The molecule has 1 atom stereocenters. The minimum atomic E-state index is 0.373. The Morgan fingerprint density at radius 3 is 1.94 bits per heavy atom. The quantitative estimate of drug-likeness (QED) is 0.185. The molecule has 0 saturated carbocycles. The van der Waals surface area contributed by atoms with E-state index in [-0.39, 0.29) is 0 Å². The molecule has 0 bridgehead atoms. The average molecular weight is 616 g/mol. The van der Waals surface area contributed by atoms with Crippen molar-refractivity contribution in [2.75, 3.05) is 4.90 Å². The maximum atomic E-state index is 6.20. The van der Waals surface area contributed by atoms with E-state index in [1.165, 1.54) is 33.0 Å². The molecule has 1 unspecified atom stereocenters. The lowest BCUT2D eigenvalue weighted by Crippen LogP contribution is -2.10. The Hall–Kier alpha value is -6.12. The van der Waals surface area contributed by atoms with Crippen molar-refractivity contribution < 1.29 is 4.42 Å². The average Bonchev–Trinajstić information content (AvgIpc) is 3.55. The van der Waals surface area contributed by atoms with Crippen molar-refractivity contribution in [3.05, 3.63) is 188 Å². The Morgan fingerprint density at radius 1 is 0.500 bits per heavy atom. The molecule has 48 heavy (non-hydrogen) atoms. The molecule has 0 amide bonds. The molecule has 2 nitrogen and oxygen atoms in total. The third kappa shape index (κ3) is 4.99. The topological polar surface area (TPSA) is 16.4 Å². The number of hydrogen-bond acceptors (Lipinski definition) is 2. The van der Waals surface area contributed by atoms with Crippen LogP contribution in [0.5, 0.6) is 0 Å². The molecule has 0 spiro atoms. The van der Waals surface area contributed by atoms with Gasteiger partial charge in [-0.15, -0.1) is 0 Å². The fraction of sp³-hybridized carbons (Fsp3) is 0.0435. The molecule has 2 heteroatoms. The van der Waals surface area contributed by atoms with Crippen LogP contribution < -0.4 is 4.90 Å². The lowest BCUT2D eigenvalue weighted by atomic mass is 9.92. The van der Waals surface area contributed by atoms with Crippen LogP contribution in [0.15, 0.2) is 186 Å². The van der Waals surface area contributed by atoms with E-state index < -0.39 is 0 Å². The zero-order chi connectivity index (χ0) is 31.9. The highest BCUT2D eigenvalue weighted by atomic mass is 16.3. The van der Waals surface area contributed by atoms with Crippen LogP contribution in [-0.4, -0.2) is 0 Å². The number of furan rings is 1. The normalized spacial score (nSPS) is 14.2. The molecule has 0 N–H and O–H groups in total. The van der Waals surface area contributed by atoms with E-state index in [0.29, 0.717) is 5.92 Å². The zero-order valence-electron chi connectivity index (χ0n) is 26.5. The van der Waals surface area contributed by atoms with Gasteiger partial charge in [0.05, 0.1) is 0 Å². The molecule has 0 radical (unpaired) electrons. The lowest BCUT2D eigenvalue weighted by Gasteiger charge is -2.27. The summed E-state index contributed by atoms with van der Waals surface area (Å²) in [5.41, 5.74) is 11.3. The number of hydrogen-bond donors (Lipinski definition) is 0. The van der Waals surface area contributed by atoms with Crippen molar-refractivity contribution in [1.82, 2.24) is 0 Å². The molecule has 1 aromatic heterocycles. The third-order valence-corrected chi connectivity index (χ3v) is 9.60. The fourth-order valence-electron chi connectivity index (χ4n) is 7.24. The number of anilines is 3. The van der Waals surface area contributed by atoms with Gasteiger partial charge < -0.3 is 9.32 Å². The molecule has 8 aromatic rings. The van der Waals surface area contributed by atoms with Gasteiger partial charge in [-0.1, -0.05) is 133 Å². The molecule has 0 aliphatic heterocycles. The van der Waals surface area contributed by atoms with Crippen molar-refractivity contribution in [1.29, 1.82) is 0 Å². The Morgan fingerprint density at radius 2 is 1.15 bits per heavy atom. The maximum absolute atomic E-state index is 6.20. The van der Waals surface area contributed by atoms with Crippen LogP contribution in [0.4, 0.5) is 17.1 Å². The SMILES string of the molecule is C1=CCC(c2cccc(N(c3ccc(-c4cccc5ccccc45)cc3)c3ccc(-c4cccc5oc6ccccc6c45)cc3)c2)C=C1. The van der Waals surface area contributed by atoms with Gasteiger partial charge in [-0.05, 0) is 93.5 Å². The van der Waals surface area contributed by atoms with Gasteiger partial charge in [-0.25, -0.2) is 0 Å². The van der Waals surface area contributed by atoms with Gasteiger partial charge in [-0.3, -0.25) is 0 Å². The summed E-state index contributed by atoms with van der Waals surface area (Å²) in [6, 6.07) is 56.7. The van der Waals surface area contributed by atoms with Crippen molar-refractivity contribution in [2.24, 2.45) is 0 Å². The maximum Gasteiger partial charge on any atom is 0.136 e. The minimum absolute atomic E-state index is 0.373. The predicted octanol–water partition coefficient (Wildman–Crippen LogP) is 13.1. The molecule has 0 saturated heterocycles. The molecule has 0 fully saturated rings. The van der Waals surface area contributed by atoms with E-state index in [1.807, 2.05) is 12.1 Å². The van der Waals surface area contributed by atoms with Crippen LogP contribution in [0.1, 0.15) is 17.9 Å². The van der Waals surface area contributed by atoms with Gasteiger partial charge in [0.25, 0.3) is 0 Å². The van der Waals surface area contributed by atoms with Gasteiger partial charge >= 0.3 is 0 Å². The van der Waals surface area contributed by atoms with Gasteiger partial charge in [0.2, 0.25) is 0 Å². The molecule has 7 aromatic carbocycles. The smallest absolute Gasteiger partial charge is 0.136 e. The van der Waals surface area contributed by atoms with Crippen LogP contribution >= 0.6 is 0 Å². The third-order valence-electron chi connectivity index (χ3n) is 9.60. The Labute approximate surface area is 280 Å². The predicted molar refractivity (Wildman–Crippen MR) is 202 cm³/mol. The standard InChI is InChI=1S/C46H33NO/c1-2-11-32(12-3-1)36-15-8-16-39(31-36)47(37-27-23-34(24-28-37)41-19-9-14-33-13-4-5-17-40(33)41)38-29-25-35(26-30-38)42-20-10-22-45-46(42)43-18-6-7-21-44(43)48-45/h1-11,13-32H,12H2. The summed E-state index contributed by atoms with van der Waals surface area (Å²) in [5.74, 6) is 0.373. The van der Waals surface area contributed by atoms with Crippen LogP contribution in [0, 0.1) is 0 Å². The first kappa shape index (κ1) is 28.1. The second-order valence-electron chi connectivity index (χ2n) is 12.5. The van der Waals surface area contributed by atoms with Gasteiger partial charge in [-0.2, -0.15) is 0 Å². The van der Waals surface area contributed by atoms with Crippen LogP contribution in [0.25, 0.3) is 55.0 Å². The van der Waals surface area contributed by atoms with E-state index in [4.69, 9.17) is 4.42 Å². The molecule has 228 valence electrons. The lowest BCUT2D eigenvalue weighted by molar-refractivity contribution is 0.669. The van der Waals surface area contributed by atoms with Crippen LogP contribution in [0.2, 0.25) is 0 Å². The van der Waals surface area contributed by atoms with E-state index in [2.05, 4.69) is 175 Å². The second kappa shape index (κ2) is 11.9. The van der Waals surface area contributed by atoms with E-state index >= 15 is 0 Å². The Balaban J connectivity index is 1.14. The highest BCUT2D eigenvalue weighted by Crippen LogP contribution is 2.41. The number of para-hydroxylation sites is 1. The number of nitrogens with zero attached hydrogens (tertiary/aromatic N) is 1. The summed E-state index contributed by atoms with van der Waals surface area (Å²) < 4.78 is 6.20. The van der Waals surface area contributed by atoms with Gasteiger partial charge in [0.1, 0.15) is 11.2 Å². The number of benzene rings is 7. The van der Waals surface area contributed by atoms with Crippen molar-refractivity contribution in [3.63, 3.8) is 0 Å². The summed E-state index contributed by atoms with van der Waals surface area (Å²) in [6.07, 6.45) is 9.87. The summed E-state index contributed by atoms with van der Waals surface area (Å²) in [4.78, 5) is 2.37. The molecule has 1 aliphatic rings. The number of allylic oxidation sites excluding steroid dienone is 4. The molecule has 9 rings (SSSR count). The minimum Gasteiger partial charge on any atom is -0.456 e. The molecule has 1 heterocycles. The molecular weight excluding hydrogens is 583 g/mol. The Bertz CT molecular complexity index is 2480. The van der Waals surface area contributed by atoms with Crippen molar-refractivity contribution >= 4 is 49.8 Å².